The van der Waals surface area contributed by atoms with E-state index in [1.807, 2.05) is 36.6 Å². The number of nitrogens with zero attached hydrogens (tertiary/aromatic N) is 4. The van der Waals surface area contributed by atoms with Crippen LogP contribution in [0, 0.1) is 6.92 Å². The van der Waals surface area contributed by atoms with Crippen LogP contribution in [0.4, 0.5) is 0 Å². The molecule has 4 aromatic heterocycles. The Kier molecular flexibility index (Phi) is 4.92. The van der Waals surface area contributed by atoms with Crippen molar-refractivity contribution in [2.45, 2.75) is 24.4 Å². The van der Waals surface area contributed by atoms with E-state index in [4.69, 9.17) is 23.4 Å². The molecule has 166 valence electrons. The third-order valence-corrected chi connectivity index (χ3v) is 6.88. The van der Waals surface area contributed by atoms with Crippen LogP contribution in [0.2, 0.25) is 0 Å². The molecule has 0 amide bonds. The average Bonchev–Trinajstić information content (AvgIpc) is 3.60. The molecule has 1 aromatic carbocycles. The van der Waals surface area contributed by atoms with Crippen LogP contribution in [0.5, 0.6) is 11.5 Å². The van der Waals surface area contributed by atoms with Gasteiger partial charge in [0.15, 0.2) is 16.7 Å². The molecule has 9 nitrogen and oxygen atoms in total. The predicted molar refractivity (Wildman–Crippen MR) is 122 cm³/mol. The molecule has 5 aromatic rings. The van der Waals surface area contributed by atoms with Gasteiger partial charge in [-0.25, -0.2) is 4.98 Å². The van der Waals surface area contributed by atoms with Gasteiger partial charge >= 0.3 is 0 Å². The maximum atomic E-state index is 13.5. The molecule has 5 heterocycles. The Morgan fingerprint density at radius 1 is 1.15 bits per heavy atom. The third kappa shape index (κ3) is 3.79. The highest BCUT2D eigenvalue weighted by atomic mass is 32.2. The number of hydrogen-bond donors (Lipinski definition) is 0. The van der Waals surface area contributed by atoms with Crippen molar-refractivity contribution < 1.29 is 18.4 Å². The van der Waals surface area contributed by atoms with Crippen LogP contribution in [0.25, 0.3) is 21.6 Å². The van der Waals surface area contributed by atoms with Crippen molar-refractivity contribution in [2.75, 3.05) is 6.79 Å². The molecule has 6 rings (SSSR count). The van der Waals surface area contributed by atoms with Gasteiger partial charge in [-0.05, 0) is 36.6 Å². The van der Waals surface area contributed by atoms with Gasteiger partial charge in [0.1, 0.15) is 11.5 Å². The molecule has 0 spiro atoms. The Balaban J connectivity index is 1.37. The summed E-state index contributed by atoms with van der Waals surface area (Å²) in [5, 5.41) is 6.96. The Morgan fingerprint density at radius 2 is 2.03 bits per heavy atom. The van der Waals surface area contributed by atoms with Gasteiger partial charge in [0, 0.05) is 6.07 Å². The molecule has 0 radical (unpaired) electrons. The molecule has 0 saturated carbocycles. The SMILES string of the molecule is Cc1ccc(Cn2c(SCc3nc(-c4cccs4)no3)nc3cc4c(cc3c2=O)OCO4)o1. The fourth-order valence-electron chi connectivity index (χ4n) is 3.51. The van der Waals surface area contributed by atoms with Gasteiger partial charge in [0.25, 0.3) is 5.56 Å². The lowest BCUT2D eigenvalue weighted by Crippen LogP contribution is -2.23. The average molecular weight is 481 g/mol. The first-order chi connectivity index (χ1) is 16.1. The van der Waals surface area contributed by atoms with Gasteiger partial charge in [0.05, 0.1) is 28.1 Å². The second kappa shape index (κ2) is 8.09. The second-order valence-corrected chi connectivity index (χ2v) is 9.19. The van der Waals surface area contributed by atoms with Crippen LogP contribution < -0.4 is 15.0 Å². The Labute approximate surface area is 195 Å². The van der Waals surface area contributed by atoms with Crippen molar-refractivity contribution in [3.05, 3.63) is 69.5 Å². The normalized spacial score (nSPS) is 12.6. The summed E-state index contributed by atoms with van der Waals surface area (Å²) in [6.45, 7) is 2.23. The maximum Gasteiger partial charge on any atom is 0.262 e. The molecule has 1 aliphatic rings. The standard InChI is InChI=1S/C22H16N4O5S2/c1-12-4-5-13(30-12)9-26-21(27)14-7-16-17(29-11-28-16)8-15(14)23-22(26)33-10-19-24-20(25-31-19)18-3-2-6-32-18/h2-8H,9-11H2,1H3. The zero-order valence-corrected chi connectivity index (χ0v) is 18.9. The molecule has 0 atom stereocenters. The number of furan rings is 1. The molecule has 0 N–H and O–H groups in total. The Bertz CT molecular complexity index is 1520. The van der Waals surface area contributed by atoms with Crippen LogP contribution >= 0.6 is 23.1 Å². The van der Waals surface area contributed by atoms with E-state index in [1.165, 1.54) is 11.8 Å². The van der Waals surface area contributed by atoms with Crippen LogP contribution in [0.1, 0.15) is 17.4 Å². The molecule has 1 aliphatic heterocycles. The van der Waals surface area contributed by atoms with E-state index in [0.717, 1.165) is 10.6 Å². The maximum absolute atomic E-state index is 13.5. The minimum Gasteiger partial charge on any atom is -0.464 e. The first kappa shape index (κ1) is 20.1. The van der Waals surface area contributed by atoms with Crippen LogP contribution in [0.15, 0.2) is 60.7 Å². The van der Waals surface area contributed by atoms with Crippen molar-refractivity contribution in [1.82, 2.24) is 19.7 Å². The molecular weight excluding hydrogens is 464 g/mol. The zero-order chi connectivity index (χ0) is 22.4. The lowest BCUT2D eigenvalue weighted by molar-refractivity contribution is 0.174. The van der Waals surface area contributed by atoms with Crippen LogP contribution in [0.3, 0.4) is 0 Å². The van der Waals surface area contributed by atoms with E-state index in [2.05, 4.69) is 10.1 Å². The number of hydrogen-bond acceptors (Lipinski definition) is 10. The molecular formula is C22H16N4O5S2. The number of thioether (sulfide) groups is 1. The first-order valence-electron chi connectivity index (χ1n) is 10.0. The smallest absolute Gasteiger partial charge is 0.262 e. The highest BCUT2D eigenvalue weighted by Gasteiger charge is 2.20. The number of fused-ring (bicyclic) bond motifs is 2. The van der Waals surface area contributed by atoms with E-state index in [-0.39, 0.29) is 18.9 Å². The number of aryl methyl sites for hydroxylation is 1. The lowest BCUT2D eigenvalue weighted by atomic mass is 10.2. The van der Waals surface area contributed by atoms with E-state index >= 15 is 0 Å². The minimum absolute atomic E-state index is 0.122. The Morgan fingerprint density at radius 3 is 2.82 bits per heavy atom. The fourth-order valence-corrected chi connectivity index (χ4v) is 5.00. The minimum atomic E-state index is -0.195. The number of rotatable bonds is 6. The number of thiophene rings is 1. The highest BCUT2D eigenvalue weighted by Crippen LogP contribution is 2.35. The number of ether oxygens (including phenoxy) is 2. The summed E-state index contributed by atoms with van der Waals surface area (Å²) in [7, 11) is 0. The zero-order valence-electron chi connectivity index (χ0n) is 17.3. The van der Waals surface area contributed by atoms with E-state index in [9.17, 15) is 4.79 Å². The van der Waals surface area contributed by atoms with E-state index in [0.29, 0.717) is 50.8 Å². The van der Waals surface area contributed by atoms with Crippen molar-refractivity contribution in [3.63, 3.8) is 0 Å². The van der Waals surface area contributed by atoms with Gasteiger partial charge in [-0.1, -0.05) is 23.0 Å². The van der Waals surface area contributed by atoms with Crippen LogP contribution in [-0.4, -0.2) is 26.5 Å². The molecule has 0 saturated heterocycles. The fraction of sp³-hybridized carbons (Fsp3) is 0.182. The summed E-state index contributed by atoms with van der Waals surface area (Å²) in [4.78, 5) is 23.6. The van der Waals surface area contributed by atoms with Gasteiger partial charge in [-0.15, -0.1) is 11.3 Å². The molecule has 11 heteroatoms. The molecule has 0 fully saturated rings. The Hall–Kier alpha value is -3.57. The summed E-state index contributed by atoms with van der Waals surface area (Å²) in [5.74, 6) is 3.90. The quantitative estimate of drug-likeness (QED) is 0.257. The number of benzene rings is 1. The topological polar surface area (TPSA) is 105 Å². The number of aromatic nitrogens is 4. The highest BCUT2D eigenvalue weighted by molar-refractivity contribution is 7.98. The summed E-state index contributed by atoms with van der Waals surface area (Å²) in [6, 6.07) is 11.0. The monoisotopic (exact) mass is 480 g/mol. The van der Waals surface area contributed by atoms with Gasteiger partial charge in [-0.3, -0.25) is 9.36 Å². The van der Waals surface area contributed by atoms with Gasteiger partial charge < -0.3 is 18.4 Å². The third-order valence-electron chi connectivity index (χ3n) is 5.06. The summed E-state index contributed by atoms with van der Waals surface area (Å²) >= 11 is 2.88. The predicted octanol–water partition coefficient (Wildman–Crippen LogP) is 4.48. The molecule has 0 unspecified atom stereocenters. The summed E-state index contributed by atoms with van der Waals surface area (Å²) in [5.41, 5.74) is 0.336. The lowest BCUT2D eigenvalue weighted by Gasteiger charge is -2.12. The van der Waals surface area contributed by atoms with Crippen molar-refractivity contribution >= 4 is 34.0 Å². The van der Waals surface area contributed by atoms with Crippen molar-refractivity contribution in [1.29, 1.82) is 0 Å². The molecule has 33 heavy (non-hydrogen) atoms. The summed E-state index contributed by atoms with van der Waals surface area (Å²) in [6.07, 6.45) is 0. The molecule has 0 bridgehead atoms. The van der Waals surface area contributed by atoms with E-state index < -0.39 is 0 Å². The first-order valence-corrected chi connectivity index (χ1v) is 11.9. The second-order valence-electron chi connectivity index (χ2n) is 7.30. The largest absolute Gasteiger partial charge is 0.464 e. The van der Waals surface area contributed by atoms with Crippen LogP contribution in [-0.2, 0) is 12.3 Å². The van der Waals surface area contributed by atoms with Crippen molar-refractivity contribution in [3.8, 4) is 22.2 Å². The van der Waals surface area contributed by atoms with E-state index in [1.54, 1.807) is 28.0 Å². The van der Waals surface area contributed by atoms with Crippen molar-refractivity contribution in [2.24, 2.45) is 0 Å². The van der Waals surface area contributed by atoms with Gasteiger partial charge in [-0.2, -0.15) is 4.98 Å². The summed E-state index contributed by atoms with van der Waals surface area (Å²) < 4.78 is 23.6. The molecule has 0 aliphatic carbocycles. The van der Waals surface area contributed by atoms with Gasteiger partial charge in [0.2, 0.25) is 18.5 Å².